The first-order valence-corrected chi connectivity index (χ1v) is 6.81. The molecule has 0 fully saturated rings. The monoisotopic (exact) mass is 330 g/mol. The van der Waals surface area contributed by atoms with E-state index in [0.29, 0.717) is 4.88 Å². The van der Waals surface area contributed by atoms with Crippen molar-refractivity contribution in [1.82, 2.24) is 0 Å². The van der Waals surface area contributed by atoms with E-state index in [-0.39, 0.29) is 17.8 Å². The van der Waals surface area contributed by atoms with Crippen molar-refractivity contribution in [2.24, 2.45) is 0 Å². The molecule has 0 aliphatic carbocycles. The SMILES string of the molecule is Cc1sc(C(=O)Cc2ccc(F)cc2F)cc1Br. The summed E-state index contributed by atoms with van der Waals surface area (Å²) in [5, 5.41) is 0. The van der Waals surface area contributed by atoms with Crippen LogP contribution in [0.1, 0.15) is 20.1 Å². The Hall–Kier alpha value is -1.07. The molecule has 1 aromatic carbocycles. The summed E-state index contributed by atoms with van der Waals surface area (Å²) in [6.45, 7) is 1.89. The maximum absolute atomic E-state index is 13.4. The molecule has 0 radical (unpaired) electrons. The number of benzene rings is 1. The van der Waals surface area contributed by atoms with Gasteiger partial charge in [-0.05, 0) is 40.5 Å². The maximum atomic E-state index is 13.4. The Balaban J connectivity index is 2.21. The van der Waals surface area contributed by atoms with E-state index in [1.807, 2.05) is 6.92 Å². The fourth-order valence-corrected chi connectivity index (χ4v) is 2.99. The lowest BCUT2D eigenvalue weighted by Gasteiger charge is -2.01. The first kappa shape index (κ1) is 13.4. The van der Waals surface area contributed by atoms with Crippen molar-refractivity contribution in [3.05, 3.63) is 55.7 Å². The van der Waals surface area contributed by atoms with Gasteiger partial charge in [0.25, 0.3) is 0 Å². The lowest BCUT2D eigenvalue weighted by molar-refractivity contribution is 0.0995. The van der Waals surface area contributed by atoms with Crippen LogP contribution in [-0.4, -0.2) is 5.78 Å². The zero-order chi connectivity index (χ0) is 13.3. The minimum Gasteiger partial charge on any atom is -0.293 e. The molecular formula is C13H9BrF2OS. The summed E-state index contributed by atoms with van der Waals surface area (Å²) >= 11 is 4.69. The van der Waals surface area contributed by atoms with Gasteiger partial charge >= 0.3 is 0 Å². The predicted molar refractivity (Wildman–Crippen MR) is 71.1 cm³/mol. The van der Waals surface area contributed by atoms with Gasteiger partial charge in [-0.2, -0.15) is 0 Å². The average molecular weight is 331 g/mol. The molecule has 0 N–H and O–H groups in total. The van der Waals surface area contributed by atoms with Crippen LogP contribution in [-0.2, 0) is 6.42 Å². The van der Waals surface area contributed by atoms with Crippen LogP contribution in [0.15, 0.2) is 28.7 Å². The van der Waals surface area contributed by atoms with Crippen LogP contribution < -0.4 is 0 Å². The number of ketones is 1. The molecule has 0 aliphatic rings. The quantitative estimate of drug-likeness (QED) is 0.756. The summed E-state index contributed by atoms with van der Waals surface area (Å²) in [5.41, 5.74) is 0.212. The van der Waals surface area contributed by atoms with Gasteiger partial charge in [0, 0.05) is 21.8 Å². The number of hydrogen-bond acceptors (Lipinski definition) is 2. The van der Waals surface area contributed by atoms with Gasteiger partial charge in [0.1, 0.15) is 11.6 Å². The molecule has 1 nitrogen and oxygen atoms in total. The summed E-state index contributed by atoms with van der Waals surface area (Å²) in [7, 11) is 0. The van der Waals surface area contributed by atoms with E-state index in [0.717, 1.165) is 21.5 Å². The lowest BCUT2D eigenvalue weighted by Crippen LogP contribution is -2.03. The first-order chi connectivity index (χ1) is 8.47. The van der Waals surface area contributed by atoms with Gasteiger partial charge in [0.05, 0.1) is 4.88 Å². The van der Waals surface area contributed by atoms with Gasteiger partial charge in [-0.25, -0.2) is 8.78 Å². The highest BCUT2D eigenvalue weighted by molar-refractivity contribution is 9.10. The van der Waals surface area contributed by atoms with Crippen LogP contribution >= 0.6 is 27.3 Å². The molecule has 2 aromatic rings. The Labute approximate surface area is 116 Å². The third-order valence-electron chi connectivity index (χ3n) is 2.50. The summed E-state index contributed by atoms with van der Waals surface area (Å²) in [5.74, 6) is -1.49. The van der Waals surface area contributed by atoms with E-state index >= 15 is 0 Å². The molecule has 2 rings (SSSR count). The number of aryl methyl sites for hydroxylation is 1. The van der Waals surface area contributed by atoms with E-state index < -0.39 is 11.6 Å². The van der Waals surface area contributed by atoms with Gasteiger partial charge in [0.2, 0.25) is 0 Å². The summed E-state index contributed by atoms with van der Waals surface area (Å²) in [6.07, 6.45) is -0.0570. The smallest absolute Gasteiger partial charge is 0.177 e. The third kappa shape index (κ3) is 2.84. The van der Waals surface area contributed by atoms with Gasteiger partial charge in [-0.15, -0.1) is 11.3 Å². The molecule has 0 aliphatic heterocycles. The van der Waals surface area contributed by atoms with Crippen molar-refractivity contribution in [3.8, 4) is 0 Å². The fourth-order valence-electron chi connectivity index (χ4n) is 1.52. The second kappa shape index (κ2) is 5.28. The number of thiophene rings is 1. The van der Waals surface area contributed by atoms with Crippen LogP contribution in [0.4, 0.5) is 8.78 Å². The second-order valence-corrected chi connectivity index (χ2v) is 5.96. The average Bonchev–Trinajstić information content (AvgIpc) is 2.63. The Morgan fingerprint density at radius 1 is 1.33 bits per heavy atom. The van der Waals surface area contributed by atoms with Gasteiger partial charge in [0.15, 0.2) is 5.78 Å². The molecule has 0 bridgehead atoms. The molecule has 0 spiro atoms. The van der Waals surface area contributed by atoms with Crippen molar-refractivity contribution in [1.29, 1.82) is 0 Å². The Morgan fingerprint density at radius 3 is 2.61 bits per heavy atom. The number of hydrogen-bond donors (Lipinski definition) is 0. The van der Waals surface area contributed by atoms with E-state index in [1.54, 1.807) is 6.07 Å². The Kier molecular flexibility index (Phi) is 3.92. The molecule has 0 amide bonds. The van der Waals surface area contributed by atoms with Crippen LogP contribution in [0.3, 0.4) is 0 Å². The van der Waals surface area contributed by atoms with Crippen molar-refractivity contribution < 1.29 is 13.6 Å². The predicted octanol–water partition coefficient (Wildman–Crippen LogP) is 4.52. The molecule has 0 saturated carbocycles. The summed E-state index contributed by atoms with van der Waals surface area (Å²) < 4.78 is 27.0. The van der Waals surface area contributed by atoms with Crippen molar-refractivity contribution >= 4 is 33.0 Å². The maximum Gasteiger partial charge on any atom is 0.177 e. The number of Topliss-reactive ketones (excluding diaryl/α,β-unsaturated/α-hetero) is 1. The van der Waals surface area contributed by atoms with Crippen LogP contribution in [0.25, 0.3) is 0 Å². The highest BCUT2D eigenvalue weighted by Gasteiger charge is 2.14. The van der Waals surface area contributed by atoms with Gasteiger partial charge in [-0.1, -0.05) is 6.07 Å². The standard InChI is InChI=1S/C13H9BrF2OS/c1-7-10(14)6-13(18-7)12(17)4-8-2-3-9(15)5-11(8)16/h2-3,5-6H,4H2,1H3. The molecule has 0 atom stereocenters. The summed E-state index contributed by atoms with van der Waals surface area (Å²) in [6, 6.07) is 4.97. The minimum atomic E-state index is -0.685. The van der Waals surface area contributed by atoms with E-state index in [4.69, 9.17) is 0 Å². The first-order valence-electron chi connectivity index (χ1n) is 5.20. The molecule has 94 valence electrons. The topological polar surface area (TPSA) is 17.1 Å². The number of carbonyl (C=O) groups is 1. The fraction of sp³-hybridized carbons (Fsp3) is 0.154. The normalized spacial score (nSPS) is 10.7. The van der Waals surface area contributed by atoms with Crippen molar-refractivity contribution in [2.45, 2.75) is 13.3 Å². The number of halogens is 3. The summed E-state index contributed by atoms with van der Waals surface area (Å²) in [4.78, 5) is 13.5. The van der Waals surface area contributed by atoms with Gasteiger partial charge < -0.3 is 0 Å². The van der Waals surface area contributed by atoms with Gasteiger partial charge in [-0.3, -0.25) is 4.79 Å². The number of rotatable bonds is 3. The van der Waals surface area contributed by atoms with E-state index in [2.05, 4.69) is 15.9 Å². The van der Waals surface area contributed by atoms with Crippen LogP contribution in [0.2, 0.25) is 0 Å². The Bertz CT molecular complexity index is 588. The molecule has 5 heteroatoms. The molecular weight excluding hydrogens is 322 g/mol. The van der Waals surface area contributed by atoms with Crippen molar-refractivity contribution in [2.75, 3.05) is 0 Å². The number of carbonyl (C=O) groups excluding carboxylic acids is 1. The van der Waals surface area contributed by atoms with Crippen LogP contribution in [0, 0.1) is 18.6 Å². The zero-order valence-electron chi connectivity index (χ0n) is 9.47. The van der Waals surface area contributed by atoms with E-state index in [9.17, 15) is 13.6 Å². The largest absolute Gasteiger partial charge is 0.293 e. The highest BCUT2D eigenvalue weighted by Crippen LogP contribution is 2.27. The van der Waals surface area contributed by atoms with Crippen LogP contribution in [0.5, 0.6) is 0 Å². The molecule has 1 heterocycles. The minimum absolute atomic E-state index is 0.0570. The second-order valence-electron chi connectivity index (χ2n) is 3.85. The molecule has 1 aromatic heterocycles. The molecule has 0 unspecified atom stereocenters. The zero-order valence-corrected chi connectivity index (χ0v) is 11.9. The highest BCUT2D eigenvalue weighted by atomic mass is 79.9. The molecule has 18 heavy (non-hydrogen) atoms. The molecule has 0 saturated heterocycles. The van der Waals surface area contributed by atoms with E-state index in [1.165, 1.54) is 17.4 Å². The third-order valence-corrected chi connectivity index (χ3v) is 4.68. The lowest BCUT2D eigenvalue weighted by atomic mass is 10.1. The van der Waals surface area contributed by atoms with Crippen molar-refractivity contribution in [3.63, 3.8) is 0 Å². The Morgan fingerprint density at radius 2 is 2.06 bits per heavy atom.